The fourth-order valence-electron chi connectivity index (χ4n) is 2.53. The Hall–Kier alpha value is -3.65. The van der Waals surface area contributed by atoms with Crippen LogP contribution in [0.2, 0.25) is 0 Å². The minimum absolute atomic E-state index is 0.140. The van der Waals surface area contributed by atoms with E-state index in [0.29, 0.717) is 16.8 Å². The highest BCUT2D eigenvalue weighted by atomic mass is 32.2. The Morgan fingerprint density at radius 2 is 1.67 bits per heavy atom. The third kappa shape index (κ3) is 6.46. The van der Waals surface area contributed by atoms with E-state index in [9.17, 15) is 13.2 Å². The predicted molar refractivity (Wildman–Crippen MR) is 109 cm³/mol. The van der Waals surface area contributed by atoms with Crippen molar-refractivity contribution in [3.05, 3.63) is 89.7 Å². The second-order valence-electron chi connectivity index (χ2n) is 6.07. The topological polar surface area (TPSA) is 122 Å². The molecule has 1 heterocycles. The summed E-state index contributed by atoms with van der Waals surface area (Å²) in [6.45, 7) is 1.89. The third-order valence-electron chi connectivity index (χ3n) is 3.98. The van der Waals surface area contributed by atoms with Gasteiger partial charge in [0.25, 0.3) is 5.91 Å². The Kier molecular flexibility index (Phi) is 8.13. The molecule has 30 heavy (non-hydrogen) atoms. The zero-order valence-electron chi connectivity index (χ0n) is 16.0. The lowest BCUT2D eigenvalue weighted by Gasteiger charge is -2.10. The molecule has 0 bridgehead atoms. The molecule has 154 valence electrons. The lowest BCUT2D eigenvalue weighted by atomic mass is 10.1. The number of nitrogens with zero attached hydrogens (tertiary/aromatic N) is 1. The van der Waals surface area contributed by atoms with Crippen molar-refractivity contribution in [2.45, 2.75) is 18.4 Å². The van der Waals surface area contributed by atoms with Gasteiger partial charge in [-0.1, -0.05) is 30.3 Å². The van der Waals surface area contributed by atoms with Crippen molar-refractivity contribution in [2.75, 3.05) is 5.32 Å². The summed E-state index contributed by atoms with van der Waals surface area (Å²) < 4.78 is 27.4. The molecule has 0 aliphatic carbocycles. The highest BCUT2D eigenvalue weighted by Crippen LogP contribution is 2.15. The smallest absolute Gasteiger partial charge is 0.321 e. The average molecular weight is 425 g/mol. The number of carbonyl (C=O) groups excluding carboxylic acids is 3. The van der Waals surface area contributed by atoms with Gasteiger partial charge in [-0.25, -0.2) is 13.1 Å². The number of nitrogens with one attached hydrogen (secondary N) is 2. The minimum Gasteiger partial charge on any atom is -0.321 e. The number of aryl methyl sites for hydroxylation is 1. The van der Waals surface area contributed by atoms with E-state index >= 15 is 0 Å². The molecule has 0 spiro atoms. The van der Waals surface area contributed by atoms with E-state index in [2.05, 4.69) is 15.0 Å². The van der Waals surface area contributed by atoms with E-state index in [0.717, 1.165) is 5.56 Å². The van der Waals surface area contributed by atoms with Crippen LogP contribution in [-0.2, 0) is 26.2 Å². The molecular weight excluding hydrogens is 406 g/mol. The predicted octanol–water partition coefficient (Wildman–Crippen LogP) is 2.54. The van der Waals surface area contributed by atoms with Crippen molar-refractivity contribution in [3.8, 4) is 0 Å². The lowest BCUT2D eigenvalue weighted by molar-refractivity contribution is -0.191. The zero-order chi connectivity index (χ0) is 22.0. The number of rotatable bonds is 6. The van der Waals surface area contributed by atoms with Crippen molar-refractivity contribution < 1.29 is 22.8 Å². The summed E-state index contributed by atoms with van der Waals surface area (Å²) >= 11 is 0. The highest BCUT2D eigenvalue weighted by molar-refractivity contribution is 7.89. The summed E-state index contributed by atoms with van der Waals surface area (Å²) in [5, 5.41) is 2.75. The maximum Gasteiger partial charge on any atom is 0.373 e. The van der Waals surface area contributed by atoms with Crippen LogP contribution in [0.4, 0.5) is 5.69 Å². The molecule has 3 rings (SSSR count). The zero-order valence-corrected chi connectivity index (χ0v) is 16.8. The minimum atomic E-state index is -3.59. The Morgan fingerprint density at radius 3 is 2.27 bits per heavy atom. The van der Waals surface area contributed by atoms with Crippen molar-refractivity contribution in [1.82, 2.24) is 9.71 Å². The van der Waals surface area contributed by atoms with Crippen LogP contribution < -0.4 is 10.0 Å². The Morgan fingerprint density at radius 1 is 1.00 bits per heavy atom. The number of aromatic nitrogens is 1. The van der Waals surface area contributed by atoms with E-state index in [1.165, 1.54) is 0 Å². The number of hydrogen-bond acceptors (Lipinski definition) is 6. The van der Waals surface area contributed by atoms with E-state index in [4.69, 9.17) is 9.59 Å². The van der Waals surface area contributed by atoms with Gasteiger partial charge < -0.3 is 5.32 Å². The summed E-state index contributed by atoms with van der Waals surface area (Å²) in [6.07, 6.45) is 3.44. The fraction of sp³-hybridized carbons (Fsp3) is 0.0952. The Bertz CT molecular complexity index is 1120. The number of amides is 1. The molecule has 0 aliphatic rings. The van der Waals surface area contributed by atoms with E-state index in [1.54, 1.807) is 80.0 Å². The van der Waals surface area contributed by atoms with Crippen LogP contribution in [0.3, 0.4) is 0 Å². The van der Waals surface area contributed by atoms with Gasteiger partial charge in [-0.2, -0.15) is 9.59 Å². The second kappa shape index (κ2) is 10.8. The van der Waals surface area contributed by atoms with E-state index in [1.807, 2.05) is 0 Å². The molecular formula is C21H19N3O5S. The summed E-state index contributed by atoms with van der Waals surface area (Å²) in [7, 11) is -3.59. The summed E-state index contributed by atoms with van der Waals surface area (Å²) in [5.74, 6) is -0.255. The second-order valence-corrected chi connectivity index (χ2v) is 7.80. The van der Waals surface area contributed by atoms with Gasteiger partial charge >= 0.3 is 6.15 Å². The molecule has 8 nitrogen and oxygen atoms in total. The van der Waals surface area contributed by atoms with Gasteiger partial charge in [0.05, 0.1) is 16.8 Å². The van der Waals surface area contributed by atoms with Crippen molar-refractivity contribution in [3.63, 3.8) is 0 Å². The SMILES string of the molecule is Cc1ccccc1S(=O)(=O)NCc1ccc(C(=O)Nc2cccnc2)cc1.O=C=O. The number of sulfonamides is 1. The van der Waals surface area contributed by atoms with Gasteiger partial charge in [-0.15, -0.1) is 0 Å². The molecule has 1 amide bonds. The molecule has 0 saturated carbocycles. The number of hydrogen-bond donors (Lipinski definition) is 2. The molecule has 1 aromatic heterocycles. The van der Waals surface area contributed by atoms with Crippen LogP contribution in [0.15, 0.2) is 78.0 Å². The average Bonchev–Trinajstić information content (AvgIpc) is 2.74. The largest absolute Gasteiger partial charge is 0.373 e. The third-order valence-corrected chi connectivity index (χ3v) is 5.55. The number of anilines is 1. The van der Waals surface area contributed by atoms with Crippen molar-refractivity contribution in [1.29, 1.82) is 0 Å². The maximum atomic E-state index is 12.4. The first-order chi connectivity index (χ1) is 14.4. The van der Waals surface area contributed by atoms with Gasteiger partial charge in [0.1, 0.15) is 0 Å². The highest BCUT2D eigenvalue weighted by Gasteiger charge is 2.15. The summed E-state index contributed by atoms with van der Waals surface area (Å²) in [6, 6.07) is 17.1. The van der Waals surface area contributed by atoms with Gasteiger partial charge in [0.2, 0.25) is 10.0 Å². The normalized spacial score (nSPS) is 10.3. The van der Waals surface area contributed by atoms with Gasteiger partial charge in [-0.3, -0.25) is 9.78 Å². The molecule has 3 aromatic rings. The Balaban J connectivity index is 0.00000101. The van der Waals surface area contributed by atoms with Gasteiger partial charge in [0, 0.05) is 18.3 Å². The number of pyridine rings is 1. The first-order valence-electron chi connectivity index (χ1n) is 8.72. The molecule has 0 unspecified atom stereocenters. The molecule has 0 radical (unpaired) electrons. The number of carbonyl (C=O) groups is 1. The molecule has 9 heteroatoms. The molecule has 2 aromatic carbocycles. The fourth-order valence-corrected chi connectivity index (χ4v) is 3.79. The van der Waals surface area contributed by atoms with Crippen LogP contribution in [0.5, 0.6) is 0 Å². The van der Waals surface area contributed by atoms with E-state index < -0.39 is 10.0 Å². The molecule has 0 atom stereocenters. The first kappa shape index (κ1) is 22.6. The summed E-state index contributed by atoms with van der Waals surface area (Å²) in [4.78, 5) is 32.7. The van der Waals surface area contributed by atoms with Gasteiger partial charge in [0.15, 0.2) is 0 Å². The molecule has 0 aliphatic heterocycles. The van der Waals surface area contributed by atoms with Crippen LogP contribution in [0, 0.1) is 6.92 Å². The Labute approximate surface area is 174 Å². The maximum absolute atomic E-state index is 12.4. The van der Waals surface area contributed by atoms with E-state index in [-0.39, 0.29) is 23.5 Å². The van der Waals surface area contributed by atoms with Crippen molar-refractivity contribution >= 4 is 27.8 Å². The van der Waals surface area contributed by atoms with Crippen LogP contribution in [0.1, 0.15) is 21.5 Å². The van der Waals surface area contributed by atoms with Crippen LogP contribution in [-0.4, -0.2) is 25.5 Å². The molecule has 0 saturated heterocycles. The molecule has 2 N–H and O–H groups in total. The quantitative estimate of drug-likeness (QED) is 0.626. The number of benzene rings is 2. The van der Waals surface area contributed by atoms with Crippen molar-refractivity contribution in [2.24, 2.45) is 0 Å². The van der Waals surface area contributed by atoms with Crippen LogP contribution >= 0.6 is 0 Å². The monoisotopic (exact) mass is 425 g/mol. The molecule has 0 fully saturated rings. The standard InChI is InChI=1S/C20H19N3O3S.CO2/c1-15-5-2-3-7-19(15)27(25,26)22-13-16-8-10-17(11-9-16)20(24)23-18-6-4-12-21-14-18;2-1-3/h2-12,14,22H,13H2,1H3,(H,23,24);. The van der Waals surface area contributed by atoms with Crippen LogP contribution in [0.25, 0.3) is 0 Å². The lowest BCUT2D eigenvalue weighted by Crippen LogP contribution is -2.24. The van der Waals surface area contributed by atoms with Gasteiger partial charge in [-0.05, 0) is 48.4 Å². The summed E-state index contributed by atoms with van der Waals surface area (Å²) in [5.41, 5.74) is 2.53. The first-order valence-corrected chi connectivity index (χ1v) is 10.2.